The third-order valence-electron chi connectivity index (χ3n) is 6.13. The molecule has 1 aliphatic heterocycles. The fraction of sp³-hybridized carbons (Fsp3) is 0.107. The Balaban J connectivity index is 1.46. The van der Waals surface area contributed by atoms with E-state index in [9.17, 15) is 9.59 Å². The molecular formula is C28H19ClN2O5. The summed E-state index contributed by atoms with van der Waals surface area (Å²) in [5, 5.41) is 5.11. The molecule has 0 N–H and O–H groups in total. The molecule has 1 atom stereocenters. The highest BCUT2D eigenvalue weighted by Crippen LogP contribution is 2.41. The maximum Gasteiger partial charge on any atom is 0.296 e. The second-order valence-electron chi connectivity index (χ2n) is 8.53. The Labute approximate surface area is 210 Å². The van der Waals surface area contributed by atoms with Gasteiger partial charge in [-0.15, -0.1) is 0 Å². The molecule has 5 aromatic rings. The number of amides is 1. The molecule has 0 bridgehead atoms. The minimum atomic E-state index is -0.767. The quantitative estimate of drug-likeness (QED) is 0.292. The van der Waals surface area contributed by atoms with Gasteiger partial charge in [0.15, 0.2) is 11.2 Å². The Morgan fingerprint density at radius 2 is 1.81 bits per heavy atom. The standard InChI is InChI=1S/C28H19ClN2O5/c1-16-13-23(30-36-16)31-25(24-26(32)21-7-2-3-8-22(21)35-27(24)28(31)33)18-5-4-6-20(14-18)34-15-17-9-11-19(29)12-10-17/h2-14,25H,15H2,1H3/t25-/m0/s1. The van der Waals surface area contributed by atoms with Gasteiger partial charge in [-0.25, -0.2) is 0 Å². The zero-order valence-corrected chi connectivity index (χ0v) is 19.9. The molecule has 6 rings (SSSR count). The molecule has 0 unspecified atom stereocenters. The number of ether oxygens (including phenoxy) is 1. The van der Waals surface area contributed by atoms with Gasteiger partial charge in [0.05, 0.1) is 17.0 Å². The van der Waals surface area contributed by atoms with Crippen molar-refractivity contribution in [3.8, 4) is 5.75 Å². The summed E-state index contributed by atoms with van der Waals surface area (Å²) in [6.07, 6.45) is 0. The molecule has 0 saturated heterocycles. The number of nitrogens with zero attached hydrogens (tertiary/aromatic N) is 2. The number of hydrogen-bond acceptors (Lipinski definition) is 6. The number of aromatic nitrogens is 1. The lowest BCUT2D eigenvalue weighted by Gasteiger charge is -2.22. The first-order chi connectivity index (χ1) is 17.5. The van der Waals surface area contributed by atoms with Crippen molar-refractivity contribution in [3.05, 3.63) is 122 Å². The van der Waals surface area contributed by atoms with E-state index in [1.165, 1.54) is 4.90 Å². The lowest BCUT2D eigenvalue weighted by Crippen LogP contribution is -2.29. The molecule has 1 amide bonds. The topological polar surface area (TPSA) is 85.8 Å². The van der Waals surface area contributed by atoms with Crippen LogP contribution in [0.5, 0.6) is 5.75 Å². The highest BCUT2D eigenvalue weighted by Gasteiger charge is 2.45. The van der Waals surface area contributed by atoms with Gasteiger partial charge in [0.25, 0.3) is 5.91 Å². The zero-order chi connectivity index (χ0) is 24.8. The van der Waals surface area contributed by atoms with Crippen LogP contribution >= 0.6 is 11.6 Å². The molecule has 2 aromatic heterocycles. The minimum Gasteiger partial charge on any atom is -0.489 e. The molecule has 178 valence electrons. The highest BCUT2D eigenvalue weighted by atomic mass is 35.5. The van der Waals surface area contributed by atoms with Crippen molar-refractivity contribution >= 4 is 34.3 Å². The van der Waals surface area contributed by atoms with Crippen LogP contribution in [0.1, 0.15) is 39.0 Å². The molecule has 0 spiro atoms. The summed E-state index contributed by atoms with van der Waals surface area (Å²) < 4.78 is 17.2. The van der Waals surface area contributed by atoms with E-state index >= 15 is 0 Å². The van der Waals surface area contributed by atoms with E-state index in [0.717, 1.165) is 5.56 Å². The van der Waals surface area contributed by atoms with Crippen LogP contribution in [-0.2, 0) is 6.61 Å². The number of hydrogen-bond donors (Lipinski definition) is 0. The van der Waals surface area contributed by atoms with Crippen LogP contribution in [0.4, 0.5) is 5.82 Å². The normalized spacial score (nSPS) is 14.9. The number of benzene rings is 3. The fourth-order valence-electron chi connectivity index (χ4n) is 4.46. The number of para-hydroxylation sites is 1. The van der Waals surface area contributed by atoms with Gasteiger partial charge in [-0.1, -0.05) is 53.2 Å². The largest absolute Gasteiger partial charge is 0.489 e. The van der Waals surface area contributed by atoms with E-state index in [0.29, 0.717) is 45.5 Å². The summed E-state index contributed by atoms with van der Waals surface area (Å²) >= 11 is 5.97. The SMILES string of the molecule is Cc1cc(N2C(=O)c3oc4ccccc4c(=O)c3[C@@H]2c2cccc(OCc3ccc(Cl)cc3)c2)no1. The van der Waals surface area contributed by atoms with E-state index < -0.39 is 11.9 Å². The second kappa shape index (κ2) is 8.70. The Kier molecular flexibility index (Phi) is 5.34. The third kappa shape index (κ3) is 3.74. The molecular weight excluding hydrogens is 480 g/mol. The molecule has 8 heteroatoms. The first kappa shape index (κ1) is 22.1. The van der Waals surface area contributed by atoms with Crippen molar-refractivity contribution in [3.63, 3.8) is 0 Å². The number of rotatable bonds is 5. The van der Waals surface area contributed by atoms with Crippen LogP contribution in [0.25, 0.3) is 11.0 Å². The van der Waals surface area contributed by atoms with Crippen molar-refractivity contribution in [2.45, 2.75) is 19.6 Å². The Morgan fingerprint density at radius 1 is 1.00 bits per heavy atom. The minimum absolute atomic E-state index is 0.00293. The number of anilines is 1. The molecule has 0 radical (unpaired) electrons. The monoisotopic (exact) mass is 498 g/mol. The van der Waals surface area contributed by atoms with Gasteiger partial charge < -0.3 is 13.7 Å². The predicted octanol–water partition coefficient (Wildman–Crippen LogP) is 6.07. The van der Waals surface area contributed by atoms with Gasteiger partial charge in [0.1, 0.15) is 23.7 Å². The summed E-state index contributed by atoms with van der Waals surface area (Å²) in [6.45, 7) is 2.07. The predicted molar refractivity (Wildman–Crippen MR) is 135 cm³/mol. The van der Waals surface area contributed by atoms with Gasteiger partial charge in [0.2, 0.25) is 5.76 Å². The van der Waals surface area contributed by atoms with Crippen molar-refractivity contribution in [1.82, 2.24) is 5.16 Å². The molecule has 3 aromatic carbocycles. The molecule has 7 nitrogen and oxygen atoms in total. The number of carbonyl (C=O) groups is 1. The summed E-state index contributed by atoms with van der Waals surface area (Å²) in [5.41, 5.74) is 1.98. The summed E-state index contributed by atoms with van der Waals surface area (Å²) in [4.78, 5) is 28.6. The first-order valence-corrected chi connectivity index (χ1v) is 11.7. The maximum absolute atomic E-state index is 13.6. The van der Waals surface area contributed by atoms with Gasteiger partial charge in [0, 0.05) is 11.1 Å². The summed E-state index contributed by atoms with van der Waals surface area (Å²) in [6, 6.07) is 22.5. The van der Waals surface area contributed by atoms with Crippen molar-refractivity contribution in [2.75, 3.05) is 4.90 Å². The Bertz CT molecular complexity index is 1670. The van der Waals surface area contributed by atoms with Crippen molar-refractivity contribution < 1.29 is 18.5 Å². The van der Waals surface area contributed by atoms with Gasteiger partial charge >= 0.3 is 0 Å². The van der Waals surface area contributed by atoms with E-state index in [1.54, 1.807) is 49.4 Å². The van der Waals surface area contributed by atoms with Gasteiger partial charge in [-0.05, 0) is 54.4 Å². The van der Waals surface area contributed by atoms with Crippen LogP contribution in [0.2, 0.25) is 5.02 Å². The first-order valence-electron chi connectivity index (χ1n) is 11.3. The van der Waals surface area contributed by atoms with Crippen molar-refractivity contribution in [1.29, 1.82) is 0 Å². The van der Waals surface area contributed by atoms with E-state index in [1.807, 2.05) is 36.4 Å². The van der Waals surface area contributed by atoms with Gasteiger partial charge in [-0.2, -0.15) is 0 Å². The lowest BCUT2D eigenvalue weighted by atomic mass is 9.98. The van der Waals surface area contributed by atoms with Crippen LogP contribution < -0.4 is 15.1 Å². The summed E-state index contributed by atoms with van der Waals surface area (Å²) in [7, 11) is 0. The number of fused-ring (bicyclic) bond motifs is 2. The lowest BCUT2D eigenvalue weighted by molar-refractivity contribution is 0.0969. The zero-order valence-electron chi connectivity index (χ0n) is 19.1. The average Bonchev–Trinajstić information content (AvgIpc) is 3.44. The smallest absolute Gasteiger partial charge is 0.296 e. The highest BCUT2D eigenvalue weighted by molar-refractivity contribution is 6.30. The van der Waals surface area contributed by atoms with Crippen LogP contribution in [0.15, 0.2) is 92.6 Å². The molecule has 0 saturated carbocycles. The Hall–Kier alpha value is -4.36. The molecule has 3 heterocycles. The van der Waals surface area contributed by atoms with E-state index in [2.05, 4.69) is 5.16 Å². The maximum atomic E-state index is 13.6. The number of aryl methyl sites for hydroxylation is 1. The fourth-order valence-corrected chi connectivity index (χ4v) is 4.59. The Morgan fingerprint density at radius 3 is 2.58 bits per heavy atom. The number of carbonyl (C=O) groups excluding carboxylic acids is 1. The number of halogens is 1. The van der Waals surface area contributed by atoms with Gasteiger partial charge in [-0.3, -0.25) is 14.5 Å². The second-order valence-corrected chi connectivity index (χ2v) is 8.97. The van der Waals surface area contributed by atoms with E-state index in [-0.39, 0.29) is 16.8 Å². The molecule has 1 aliphatic rings. The van der Waals surface area contributed by atoms with Crippen molar-refractivity contribution in [2.24, 2.45) is 0 Å². The third-order valence-corrected chi connectivity index (χ3v) is 6.38. The molecule has 0 aliphatic carbocycles. The van der Waals surface area contributed by atoms with Crippen LogP contribution in [-0.4, -0.2) is 11.1 Å². The molecule has 36 heavy (non-hydrogen) atoms. The van der Waals surface area contributed by atoms with Crippen LogP contribution in [0.3, 0.4) is 0 Å². The average molecular weight is 499 g/mol. The van der Waals surface area contributed by atoms with Crippen LogP contribution in [0, 0.1) is 6.92 Å². The summed E-state index contributed by atoms with van der Waals surface area (Å²) in [5.74, 6) is 0.960. The van der Waals surface area contributed by atoms with E-state index in [4.69, 9.17) is 25.3 Å². The molecule has 0 fully saturated rings.